The van der Waals surface area contributed by atoms with Crippen LogP contribution in [0.25, 0.3) is 11.2 Å². The lowest BCUT2D eigenvalue weighted by Crippen LogP contribution is -2.40. The molecule has 1 aliphatic rings. The summed E-state index contributed by atoms with van der Waals surface area (Å²) in [4.78, 5) is 32.7. The topological polar surface area (TPSA) is 193 Å². The number of aromatic nitrogens is 4. The molecule has 1 saturated heterocycles. The second kappa shape index (κ2) is 13.0. The molecule has 0 amide bonds. The number of hydrogen-bond acceptors (Lipinski definition) is 11. The van der Waals surface area contributed by atoms with Crippen LogP contribution >= 0.6 is 8.25 Å². The fourth-order valence-electron chi connectivity index (χ4n) is 5.71. The van der Waals surface area contributed by atoms with Crippen LogP contribution in [0.2, 0.25) is 0 Å². The highest BCUT2D eigenvalue weighted by atomic mass is 31.1. The van der Waals surface area contributed by atoms with Gasteiger partial charge in [0.15, 0.2) is 23.5 Å². The number of aliphatic hydroxyl groups excluding tert-OH is 1. The lowest BCUT2D eigenvalue weighted by molar-refractivity contribution is -0.0939. The minimum atomic E-state index is -3.17. The van der Waals surface area contributed by atoms with Crippen LogP contribution in [-0.2, 0) is 24.2 Å². The lowest BCUT2D eigenvalue weighted by Gasteiger charge is -2.37. The van der Waals surface area contributed by atoms with Crippen molar-refractivity contribution in [2.24, 2.45) is 0 Å². The average Bonchev–Trinajstić information content (AvgIpc) is 3.62. The van der Waals surface area contributed by atoms with E-state index in [2.05, 4.69) is 15.0 Å². The Morgan fingerprint density at radius 2 is 1.57 bits per heavy atom. The van der Waals surface area contributed by atoms with Gasteiger partial charge in [-0.2, -0.15) is 4.98 Å². The van der Waals surface area contributed by atoms with E-state index >= 15 is 0 Å². The van der Waals surface area contributed by atoms with Crippen LogP contribution in [0, 0.1) is 0 Å². The number of anilines is 1. The van der Waals surface area contributed by atoms with Crippen LogP contribution in [-0.4, -0.2) is 68.7 Å². The minimum Gasteiger partial charge on any atom is -0.497 e. The Labute approximate surface area is 263 Å². The number of ether oxygens (including phenoxy) is 4. The number of hydrogen-bond donors (Lipinski definition) is 4. The highest BCUT2D eigenvalue weighted by Gasteiger charge is 2.52. The lowest BCUT2D eigenvalue weighted by atomic mass is 9.80. The van der Waals surface area contributed by atoms with E-state index in [-0.39, 0.29) is 23.7 Å². The molecular weight excluding hydrogens is 617 g/mol. The van der Waals surface area contributed by atoms with Crippen molar-refractivity contribution in [1.82, 2.24) is 19.5 Å². The molecule has 1 aliphatic heterocycles. The second-order valence-corrected chi connectivity index (χ2v) is 11.1. The Morgan fingerprint density at radius 1 is 0.978 bits per heavy atom. The number of aliphatic hydroxyl groups is 1. The highest BCUT2D eigenvalue weighted by molar-refractivity contribution is 7.32. The third kappa shape index (κ3) is 5.73. The number of H-pyrrole nitrogens is 1. The Hall–Kier alpha value is -4.69. The zero-order valence-electron chi connectivity index (χ0n) is 24.7. The van der Waals surface area contributed by atoms with Crippen molar-refractivity contribution in [3.05, 3.63) is 112 Å². The van der Waals surface area contributed by atoms with E-state index < -0.39 is 44.0 Å². The normalized spacial score (nSPS) is 20.1. The zero-order valence-corrected chi connectivity index (χ0v) is 25.6. The van der Waals surface area contributed by atoms with E-state index in [1.165, 1.54) is 10.9 Å². The standard InChI is InChI=1S/C31H30N5O9P/c1-41-21-12-8-19(9-13-21)31(18-6-4-3-5-7-18,20-10-14-22(42-2)15-11-20)43-16-23-25(37)26(45-46(39)40)29(44-23)36-17-33-24-27(36)34-30(32)35-28(24)38/h3-15,17,23,25-26,29,37H,16H2,1-2H3,(H3-,32,34,35,38,39,40)/p+1/t23-,25-,26-,29-/m1/s1. The summed E-state index contributed by atoms with van der Waals surface area (Å²) < 4.78 is 42.4. The predicted molar refractivity (Wildman–Crippen MR) is 165 cm³/mol. The van der Waals surface area contributed by atoms with Gasteiger partial charge in [0.05, 0.1) is 27.2 Å². The number of methoxy groups -OCH3 is 2. The van der Waals surface area contributed by atoms with E-state index in [1.807, 2.05) is 78.9 Å². The molecule has 0 aliphatic carbocycles. The van der Waals surface area contributed by atoms with E-state index in [4.69, 9.17) is 29.2 Å². The minimum absolute atomic E-state index is 0.0388. The molecular formula is C31H31N5O9P+. The van der Waals surface area contributed by atoms with Gasteiger partial charge in [0.25, 0.3) is 5.56 Å². The van der Waals surface area contributed by atoms with Gasteiger partial charge in [0, 0.05) is 4.57 Å². The Balaban J connectivity index is 1.42. The van der Waals surface area contributed by atoms with Crippen LogP contribution in [0.1, 0.15) is 22.9 Å². The number of rotatable bonds is 11. The van der Waals surface area contributed by atoms with Crippen molar-refractivity contribution >= 4 is 25.4 Å². The quantitative estimate of drug-likeness (QED) is 0.121. The average molecular weight is 649 g/mol. The number of benzene rings is 3. The Morgan fingerprint density at radius 3 is 2.13 bits per heavy atom. The van der Waals surface area contributed by atoms with Crippen LogP contribution in [0.3, 0.4) is 0 Å². The van der Waals surface area contributed by atoms with E-state index in [0.29, 0.717) is 11.5 Å². The van der Waals surface area contributed by atoms with Crippen molar-refractivity contribution in [1.29, 1.82) is 0 Å². The highest BCUT2D eigenvalue weighted by Crippen LogP contribution is 2.44. The smallest absolute Gasteiger partial charge is 0.497 e. The van der Waals surface area contributed by atoms with Gasteiger partial charge >= 0.3 is 8.25 Å². The molecule has 238 valence electrons. The van der Waals surface area contributed by atoms with Gasteiger partial charge in [-0.25, -0.2) is 4.98 Å². The number of aromatic amines is 1. The van der Waals surface area contributed by atoms with E-state index in [9.17, 15) is 19.4 Å². The first-order valence-electron chi connectivity index (χ1n) is 14.1. The molecule has 14 nitrogen and oxygen atoms in total. The molecule has 15 heteroatoms. The fraction of sp³-hybridized carbons (Fsp3) is 0.258. The van der Waals surface area contributed by atoms with Gasteiger partial charge in [-0.1, -0.05) is 54.6 Å². The number of nitrogen functional groups attached to an aromatic ring is 1. The van der Waals surface area contributed by atoms with E-state index in [1.54, 1.807) is 14.2 Å². The SMILES string of the molecule is COc1ccc(C(OC[C@H]2O[C@@H](n3cnc4c(=O)[nH]c(N)nc43)[C@H](O[P+](=O)O)[C@@H]2O)(c2ccccc2)c2ccc(OC)cc2)cc1. The summed E-state index contributed by atoms with van der Waals surface area (Å²) in [5.74, 6) is 1.13. The number of nitrogens with one attached hydrogen (secondary N) is 1. The zero-order chi connectivity index (χ0) is 32.4. The second-order valence-electron chi connectivity index (χ2n) is 10.5. The van der Waals surface area contributed by atoms with Crippen molar-refractivity contribution in [2.45, 2.75) is 30.1 Å². The van der Waals surface area contributed by atoms with Crippen LogP contribution in [0.15, 0.2) is 90.0 Å². The molecule has 46 heavy (non-hydrogen) atoms. The van der Waals surface area contributed by atoms with E-state index in [0.717, 1.165) is 16.7 Å². The third-order valence-electron chi connectivity index (χ3n) is 7.89. The maximum absolute atomic E-state index is 12.4. The predicted octanol–water partition coefficient (Wildman–Crippen LogP) is 3.02. The molecule has 5 N–H and O–H groups in total. The summed E-state index contributed by atoms with van der Waals surface area (Å²) in [5, 5.41) is 11.4. The summed E-state index contributed by atoms with van der Waals surface area (Å²) in [7, 11) is -0.00638. The van der Waals surface area contributed by atoms with Gasteiger partial charge in [-0.15, -0.1) is 9.42 Å². The molecule has 2 aromatic heterocycles. The van der Waals surface area contributed by atoms with Gasteiger partial charge in [-0.05, 0) is 41.0 Å². The van der Waals surface area contributed by atoms with Gasteiger partial charge in [0.2, 0.25) is 5.95 Å². The summed E-state index contributed by atoms with van der Waals surface area (Å²) in [6.07, 6.45) is -3.86. The molecule has 3 heterocycles. The van der Waals surface area contributed by atoms with Crippen LogP contribution < -0.4 is 20.8 Å². The molecule has 5 aromatic rings. The van der Waals surface area contributed by atoms with Crippen molar-refractivity contribution in [2.75, 3.05) is 26.6 Å². The molecule has 3 aromatic carbocycles. The number of imidazole rings is 1. The summed E-state index contributed by atoms with van der Waals surface area (Å²) in [6, 6.07) is 24.4. The Bertz CT molecular complexity index is 1840. The molecule has 0 spiro atoms. The number of nitrogens with zero attached hydrogens (tertiary/aromatic N) is 3. The first kappa shape index (κ1) is 31.3. The largest absolute Gasteiger partial charge is 0.695 e. The first-order chi connectivity index (χ1) is 22.2. The van der Waals surface area contributed by atoms with Crippen molar-refractivity contribution in [3.63, 3.8) is 0 Å². The Kier molecular flexibility index (Phi) is 8.82. The molecule has 6 rings (SSSR count). The molecule has 1 unspecified atom stereocenters. The summed E-state index contributed by atoms with van der Waals surface area (Å²) in [6.45, 7) is -0.213. The molecule has 5 atom stereocenters. The monoisotopic (exact) mass is 648 g/mol. The maximum Gasteiger partial charge on any atom is 0.695 e. The third-order valence-corrected chi connectivity index (χ3v) is 8.31. The maximum atomic E-state index is 12.4. The molecule has 0 radical (unpaired) electrons. The van der Waals surface area contributed by atoms with Crippen molar-refractivity contribution < 1.29 is 38.0 Å². The number of fused-ring (bicyclic) bond motifs is 1. The van der Waals surface area contributed by atoms with Gasteiger partial charge < -0.3 is 29.8 Å². The molecule has 0 saturated carbocycles. The van der Waals surface area contributed by atoms with Crippen LogP contribution in [0.5, 0.6) is 11.5 Å². The van der Waals surface area contributed by atoms with Crippen LogP contribution in [0.4, 0.5) is 5.95 Å². The van der Waals surface area contributed by atoms with Gasteiger partial charge in [0.1, 0.15) is 29.3 Å². The molecule has 0 bridgehead atoms. The fourth-order valence-corrected chi connectivity index (χ4v) is 6.15. The molecule has 1 fully saturated rings. The number of nitrogens with two attached hydrogens (primary N) is 1. The first-order valence-corrected chi connectivity index (χ1v) is 15.3. The van der Waals surface area contributed by atoms with Gasteiger partial charge in [-0.3, -0.25) is 14.3 Å². The summed E-state index contributed by atoms with van der Waals surface area (Å²) >= 11 is 0. The van der Waals surface area contributed by atoms with Crippen molar-refractivity contribution in [3.8, 4) is 11.5 Å². The summed E-state index contributed by atoms with van der Waals surface area (Å²) in [5.41, 5.74) is 6.22.